The quantitative estimate of drug-likeness (QED) is 0.793. The van der Waals surface area contributed by atoms with Crippen LogP contribution >= 0.6 is 0 Å². The highest BCUT2D eigenvalue weighted by molar-refractivity contribution is 5.05. The molecule has 1 aromatic heterocycles. The summed E-state index contributed by atoms with van der Waals surface area (Å²) in [5.41, 5.74) is 1.22. The second-order valence-corrected chi connectivity index (χ2v) is 6.43. The van der Waals surface area contributed by atoms with E-state index in [0.717, 1.165) is 12.3 Å². The van der Waals surface area contributed by atoms with Crippen LogP contribution < -0.4 is 0 Å². The molecule has 1 aromatic rings. The summed E-state index contributed by atoms with van der Waals surface area (Å²) in [5, 5.41) is 8.18. The zero-order valence-electron chi connectivity index (χ0n) is 11.2. The second kappa shape index (κ2) is 4.53. The molecule has 92 valence electrons. The van der Waals surface area contributed by atoms with Crippen molar-refractivity contribution in [1.82, 2.24) is 15.0 Å². The van der Waals surface area contributed by atoms with E-state index >= 15 is 0 Å². The van der Waals surface area contributed by atoms with Crippen molar-refractivity contribution in [2.45, 2.75) is 53.7 Å². The maximum Gasteiger partial charge on any atom is 0.141 e. The van der Waals surface area contributed by atoms with E-state index in [0.29, 0.717) is 6.73 Å². The molecule has 0 amide bonds. The van der Waals surface area contributed by atoms with E-state index in [1.807, 2.05) is 6.20 Å². The maximum atomic E-state index is 5.57. The minimum Gasteiger partial charge on any atom is -0.359 e. The first-order valence-corrected chi connectivity index (χ1v) is 5.67. The molecule has 0 radical (unpaired) electrons. The summed E-state index contributed by atoms with van der Waals surface area (Å²) < 4.78 is 7.31. The first-order chi connectivity index (χ1) is 7.18. The Bertz CT molecular complexity index is 331. The van der Waals surface area contributed by atoms with Crippen molar-refractivity contribution in [2.75, 3.05) is 6.61 Å². The Kier molecular flexibility index (Phi) is 3.73. The molecule has 1 rings (SSSR count). The van der Waals surface area contributed by atoms with Crippen LogP contribution in [-0.4, -0.2) is 21.6 Å². The lowest BCUT2D eigenvalue weighted by Gasteiger charge is -2.17. The molecule has 0 spiro atoms. The van der Waals surface area contributed by atoms with Gasteiger partial charge < -0.3 is 4.74 Å². The molecule has 0 aromatic carbocycles. The highest BCUT2D eigenvalue weighted by Crippen LogP contribution is 2.19. The van der Waals surface area contributed by atoms with Crippen LogP contribution in [0.4, 0.5) is 0 Å². The summed E-state index contributed by atoms with van der Waals surface area (Å²) in [6, 6.07) is 0. The summed E-state index contributed by atoms with van der Waals surface area (Å²) in [6.45, 7) is 14.0. The van der Waals surface area contributed by atoms with Crippen LogP contribution in [-0.2, 0) is 16.9 Å². The molecule has 0 aliphatic heterocycles. The van der Waals surface area contributed by atoms with E-state index in [9.17, 15) is 0 Å². The molecule has 0 aliphatic rings. The summed E-state index contributed by atoms with van der Waals surface area (Å²) in [7, 11) is 0. The van der Waals surface area contributed by atoms with Gasteiger partial charge in [0, 0.05) is 5.41 Å². The van der Waals surface area contributed by atoms with E-state index in [4.69, 9.17) is 4.74 Å². The average molecular weight is 225 g/mol. The van der Waals surface area contributed by atoms with Crippen LogP contribution in [0.2, 0.25) is 0 Å². The molecule has 0 bridgehead atoms. The normalized spacial score (nSPS) is 13.1. The Morgan fingerprint density at radius 2 is 1.81 bits per heavy atom. The van der Waals surface area contributed by atoms with Crippen LogP contribution in [0.25, 0.3) is 0 Å². The lowest BCUT2D eigenvalue weighted by Crippen LogP contribution is -2.16. The molecule has 0 saturated carbocycles. The van der Waals surface area contributed by atoms with E-state index in [1.165, 1.54) is 0 Å². The van der Waals surface area contributed by atoms with Gasteiger partial charge in [-0.05, 0) is 5.41 Å². The van der Waals surface area contributed by atoms with Crippen LogP contribution in [0.3, 0.4) is 0 Å². The highest BCUT2D eigenvalue weighted by atomic mass is 16.5. The predicted molar refractivity (Wildman–Crippen MR) is 64.1 cm³/mol. The molecule has 16 heavy (non-hydrogen) atoms. The van der Waals surface area contributed by atoms with Crippen LogP contribution in [0.5, 0.6) is 0 Å². The van der Waals surface area contributed by atoms with E-state index in [2.05, 4.69) is 51.9 Å². The molecule has 4 nitrogen and oxygen atoms in total. The molecule has 4 heteroatoms. The van der Waals surface area contributed by atoms with Crippen molar-refractivity contribution in [3.8, 4) is 0 Å². The largest absolute Gasteiger partial charge is 0.359 e. The van der Waals surface area contributed by atoms with Gasteiger partial charge in [-0.25, -0.2) is 4.68 Å². The zero-order chi connectivity index (χ0) is 12.4. The third-order valence-electron chi connectivity index (χ3n) is 2.07. The number of aromatic nitrogens is 3. The smallest absolute Gasteiger partial charge is 0.141 e. The molecule has 0 saturated heterocycles. The minimum absolute atomic E-state index is 0.0439. The van der Waals surface area contributed by atoms with Crippen molar-refractivity contribution in [2.24, 2.45) is 5.41 Å². The Morgan fingerprint density at radius 3 is 2.25 bits per heavy atom. The number of hydrogen-bond donors (Lipinski definition) is 0. The fraction of sp³-hybridized carbons (Fsp3) is 0.833. The van der Waals surface area contributed by atoms with Gasteiger partial charge in [-0.2, -0.15) is 0 Å². The SMILES string of the molecule is CC(C)(C)COCn1cc(C(C)(C)C)nn1. The molecule has 0 atom stereocenters. The summed E-state index contributed by atoms with van der Waals surface area (Å²) in [4.78, 5) is 0. The summed E-state index contributed by atoms with van der Waals surface area (Å²) in [6.07, 6.45) is 1.95. The predicted octanol–water partition coefficient (Wildman–Crippen LogP) is 2.60. The minimum atomic E-state index is 0.0439. The van der Waals surface area contributed by atoms with Gasteiger partial charge in [-0.1, -0.05) is 46.8 Å². The van der Waals surface area contributed by atoms with Crippen molar-refractivity contribution in [1.29, 1.82) is 0 Å². The average Bonchev–Trinajstić information content (AvgIpc) is 2.49. The lowest BCUT2D eigenvalue weighted by atomic mass is 9.93. The van der Waals surface area contributed by atoms with E-state index < -0.39 is 0 Å². The fourth-order valence-corrected chi connectivity index (χ4v) is 1.15. The number of nitrogens with zero attached hydrogens (tertiary/aromatic N) is 3. The van der Waals surface area contributed by atoms with E-state index in [1.54, 1.807) is 4.68 Å². The second-order valence-electron chi connectivity index (χ2n) is 6.43. The third-order valence-corrected chi connectivity index (χ3v) is 2.07. The number of hydrogen-bond acceptors (Lipinski definition) is 3. The molecule has 0 fully saturated rings. The Balaban J connectivity index is 2.48. The summed E-state index contributed by atoms with van der Waals surface area (Å²) >= 11 is 0. The van der Waals surface area contributed by atoms with Crippen LogP contribution in [0.1, 0.15) is 47.2 Å². The van der Waals surface area contributed by atoms with E-state index in [-0.39, 0.29) is 10.8 Å². The van der Waals surface area contributed by atoms with Gasteiger partial charge >= 0.3 is 0 Å². The third kappa shape index (κ3) is 4.31. The Morgan fingerprint density at radius 1 is 1.19 bits per heavy atom. The molecule has 0 unspecified atom stereocenters. The van der Waals surface area contributed by atoms with Crippen LogP contribution in [0, 0.1) is 5.41 Å². The van der Waals surface area contributed by atoms with Crippen LogP contribution in [0.15, 0.2) is 6.20 Å². The van der Waals surface area contributed by atoms with Gasteiger partial charge in [0.05, 0.1) is 18.5 Å². The Labute approximate surface area is 98.0 Å². The molecular weight excluding hydrogens is 202 g/mol. The van der Waals surface area contributed by atoms with Crippen molar-refractivity contribution in [3.63, 3.8) is 0 Å². The molecule has 0 aliphatic carbocycles. The molecule has 1 heterocycles. The van der Waals surface area contributed by atoms with Crippen molar-refractivity contribution in [3.05, 3.63) is 11.9 Å². The topological polar surface area (TPSA) is 39.9 Å². The summed E-state index contributed by atoms with van der Waals surface area (Å²) in [5.74, 6) is 0. The van der Waals surface area contributed by atoms with Gasteiger partial charge in [0.1, 0.15) is 6.73 Å². The highest BCUT2D eigenvalue weighted by Gasteiger charge is 2.18. The van der Waals surface area contributed by atoms with Crippen molar-refractivity contribution < 1.29 is 4.74 Å². The lowest BCUT2D eigenvalue weighted by molar-refractivity contribution is 0.0206. The monoisotopic (exact) mass is 225 g/mol. The molecular formula is C12H23N3O. The fourth-order valence-electron chi connectivity index (χ4n) is 1.15. The number of rotatable bonds is 3. The van der Waals surface area contributed by atoms with Gasteiger partial charge in [-0.15, -0.1) is 5.10 Å². The van der Waals surface area contributed by atoms with Gasteiger partial charge in [-0.3, -0.25) is 0 Å². The van der Waals surface area contributed by atoms with Gasteiger partial charge in [0.15, 0.2) is 0 Å². The first-order valence-electron chi connectivity index (χ1n) is 5.67. The zero-order valence-corrected chi connectivity index (χ0v) is 11.2. The Hall–Kier alpha value is -0.900. The van der Waals surface area contributed by atoms with Gasteiger partial charge in [0.2, 0.25) is 0 Å². The standard InChI is InChI=1S/C12H23N3O/c1-11(2,3)8-16-9-15-7-10(13-14-15)12(4,5)6/h7H,8-9H2,1-6H3. The first kappa shape index (κ1) is 13.2. The van der Waals surface area contributed by atoms with Gasteiger partial charge in [0.25, 0.3) is 0 Å². The van der Waals surface area contributed by atoms with Crippen molar-refractivity contribution >= 4 is 0 Å². The maximum absolute atomic E-state index is 5.57. The number of ether oxygens (including phenoxy) is 1. The molecule has 0 N–H and O–H groups in total.